The van der Waals surface area contributed by atoms with E-state index in [0.29, 0.717) is 24.2 Å². The molecule has 0 aromatic heterocycles. The Kier molecular flexibility index (Phi) is 6.26. The predicted molar refractivity (Wildman–Crippen MR) is 132 cm³/mol. The minimum absolute atomic E-state index is 0.0204. The molecule has 192 valence electrons. The van der Waals surface area contributed by atoms with Crippen LogP contribution in [-0.4, -0.2) is 46.5 Å². The van der Waals surface area contributed by atoms with Gasteiger partial charge in [0.25, 0.3) is 5.91 Å². The van der Waals surface area contributed by atoms with Gasteiger partial charge in [0.15, 0.2) is 5.78 Å². The number of Topliss-reactive ketones (excluding diaryl/α,β-unsaturated/α-hetero) is 1. The van der Waals surface area contributed by atoms with Crippen LogP contribution in [0.1, 0.15) is 101 Å². The third kappa shape index (κ3) is 5.00. The average Bonchev–Trinajstić information content (AvgIpc) is 3.53. The average molecular weight is 486 g/mol. The Morgan fingerprint density at radius 2 is 1.77 bits per heavy atom. The number of ketones is 1. The highest BCUT2D eigenvalue weighted by molar-refractivity contribution is 5.98. The van der Waals surface area contributed by atoms with Gasteiger partial charge in [0.05, 0.1) is 30.4 Å². The highest BCUT2D eigenvalue weighted by Gasteiger charge is 2.46. The van der Waals surface area contributed by atoms with Gasteiger partial charge in [-0.3, -0.25) is 9.59 Å². The second kappa shape index (κ2) is 8.86. The number of aliphatic hydroxyl groups is 1. The van der Waals surface area contributed by atoms with E-state index in [1.807, 2.05) is 0 Å². The summed E-state index contributed by atoms with van der Waals surface area (Å²) in [5.41, 5.74) is -0.127. The van der Waals surface area contributed by atoms with Gasteiger partial charge in [0, 0.05) is 17.9 Å². The molecule has 1 aromatic carbocycles. The molecular formula is C29H40FNO4. The lowest BCUT2D eigenvalue weighted by molar-refractivity contribution is -0.120. The van der Waals surface area contributed by atoms with Crippen molar-refractivity contribution in [2.45, 2.75) is 96.6 Å². The maximum atomic E-state index is 15.4. The molecule has 6 heteroatoms. The van der Waals surface area contributed by atoms with E-state index in [4.69, 9.17) is 4.74 Å². The number of ether oxygens (including phenoxy) is 1. The lowest BCUT2D eigenvalue weighted by Crippen LogP contribution is -2.43. The van der Waals surface area contributed by atoms with Gasteiger partial charge in [0.2, 0.25) is 0 Å². The van der Waals surface area contributed by atoms with Crippen molar-refractivity contribution in [3.8, 4) is 5.75 Å². The third-order valence-electron chi connectivity index (χ3n) is 8.89. The zero-order chi connectivity index (χ0) is 25.1. The number of hydrogen-bond acceptors (Lipinski definition) is 4. The van der Waals surface area contributed by atoms with Gasteiger partial charge in [0.1, 0.15) is 11.6 Å². The zero-order valence-corrected chi connectivity index (χ0v) is 21.6. The van der Waals surface area contributed by atoms with Gasteiger partial charge in [-0.1, -0.05) is 13.8 Å². The molecule has 3 saturated carbocycles. The molecule has 5 rings (SSSR count). The molecular weight excluding hydrogens is 445 g/mol. The quantitative estimate of drug-likeness (QED) is 0.579. The van der Waals surface area contributed by atoms with Gasteiger partial charge < -0.3 is 14.7 Å². The van der Waals surface area contributed by atoms with E-state index in [0.717, 1.165) is 37.2 Å². The molecule has 35 heavy (non-hydrogen) atoms. The SMILES string of the molecule is CC(=O)[C@@H]1CC(C)(O)CN1C(=O)c1cc(C2CC2)c(OCC23CC(C)CC(CC(C)C2)C3)cc1F. The fourth-order valence-electron chi connectivity index (χ4n) is 7.69. The number of β-amino-alcohol motifs (C(OH)–C–C–N with tert-alkyl or cyclic N) is 1. The lowest BCUT2D eigenvalue weighted by atomic mass is 9.57. The van der Waals surface area contributed by atoms with Crippen molar-refractivity contribution in [3.63, 3.8) is 0 Å². The summed E-state index contributed by atoms with van der Waals surface area (Å²) in [5.74, 6) is 1.65. The predicted octanol–water partition coefficient (Wildman–Crippen LogP) is 5.49. The topological polar surface area (TPSA) is 66.8 Å². The summed E-state index contributed by atoms with van der Waals surface area (Å²) in [7, 11) is 0. The summed E-state index contributed by atoms with van der Waals surface area (Å²) in [4.78, 5) is 26.9. The number of carbonyl (C=O) groups excluding carboxylic acids is 2. The second-order valence-electron chi connectivity index (χ2n) is 12.9. The standard InChI is InChI=1S/C29H40FNO4/c1-17-7-20-8-18(2)12-29(11-17,13-20)16-35-26-10-24(30)23(9-22(26)21-5-6-21)27(33)31-15-28(4,34)14-25(31)19(3)32/h9-10,17-18,20-21,25,34H,5-8,11-16H2,1-4H3/t17?,18?,20?,25-,28?,29?/m0/s1. The monoisotopic (exact) mass is 485 g/mol. The number of halogens is 1. The van der Waals surface area contributed by atoms with Crippen molar-refractivity contribution in [3.05, 3.63) is 29.1 Å². The molecule has 3 unspecified atom stereocenters. The molecule has 0 radical (unpaired) electrons. The van der Waals surface area contributed by atoms with E-state index in [2.05, 4.69) is 13.8 Å². The van der Waals surface area contributed by atoms with Crippen molar-refractivity contribution in [1.82, 2.24) is 4.90 Å². The fraction of sp³-hybridized carbons (Fsp3) is 0.724. The van der Waals surface area contributed by atoms with Gasteiger partial charge in [-0.25, -0.2) is 4.39 Å². The molecule has 2 bridgehead atoms. The van der Waals surface area contributed by atoms with E-state index < -0.39 is 23.4 Å². The fourth-order valence-corrected chi connectivity index (χ4v) is 7.69. The molecule has 4 atom stereocenters. The smallest absolute Gasteiger partial charge is 0.257 e. The summed E-state index contributed by atoms with van der Waals surface area (Å²) >= 11 is 0. The van der Waals surface area contributed by atoms with E-state index in [1.165, 1.54) is 37.2 Å². The number of fused-ring (bicyclic) bond motifs is 2. The van der Waals surface area contributed by atoms with E-state index >= 15 is 4.39 Å². The van der Waals surface area contributed by atoms with Gasteiger partial charge in [-0.15, -0.1) is 0 Å². The normalized spacial score (nSPS) is 36.8. The van der Waals surface area contributed by atoms with Crippen LogP contribution in [0.3, 0.4) is 0 Å². The number of benzene rings is 1. The maximum absolute atomic E-state index is 15.4. The van der Waals surface area contributed by atoms with Crippen LogP contribution in [0.4, 0.5) is 4.39 Å². The largest absolute Gasteiger partial charge is 0.493 e. The first kappa shape index (κ1) is 24.7. The highest BCUT2D eigenvalue weighted by Crippen LogP contribution is 2.53. The van der Waals surface area contributed by atoms with E-state index in [-0.39, 0.29) is 35.6 Å². The van der Waals surface area contributed by atoms with Gasteiger partial charge >= 0.3 is 0 Å². The number of rotatable bonds is 6. The first-order valence-electron chi connectivity index (χ1n) is 13.5. The van der Waals surface area contributed by atoms with E-state index in [1.54, 1.807) is 13.0 Å². The molecule has 1 saturated heterocycles. The maximum Gasteiger partial charge on any atom is 0.257 e. The number of nitrogens with zero attached hydrogens (tertiary/aromatic N) is 1. The Balaban J connectivity index is 1.39. The van der Waals surface area contributed by atoms with Crippen molar-refractivity contribution in [2.24, 2.45) is 23.2 Å². The van der Waals surface area contributed by atoms with Crippen LogP contribution < -0.4 is 4.74 Å². The van der Waals surface area contributed by atoms with Crippen LogP contribution in [-0.2, 0) is 4.79 Å². The summed E-state index contributed by atoms with van der Waals surface area (Å²) in [6.45, 7) is 8.34. The Bertz CT molecular complexity index is 997. The second-order valence-corrected chi connectivity index (χ2v) is 12.9. The Morgan fingerprint density at radius 3 is 2.37 bits per heavy atom. The lowest BCUT2D eigenvalue weighted by Gasteiger charge is -2.49. The Labute approximate surface area is 208 Å². The number of carbonyl (C=O) groups is 2. The molecule has 1 amide bonds. The van der Waals surface area contributed by atoms with Crippen LogP contribution in [0.25, 0.3) is 0 Å². The van der Waals surface area contributed by atoms with Crippen LogP contribution in [0.2, 0.25) is 0 Å². The molecule has 1 aromatic rings. The molecule has 1 heterocycles. The van der Waals surface area contributed by atoms with Crippen molar-refractivity contribution >= 4 is 11.7 Å². The molecule has 3 aliphatic carbocycles. The summed E-state index contributed by atoms with van der Waals surface area (Å²) in [5, 5.41) is 10.5. The van der Waals surface area contributed by atoms with E-state index in [9.17, 15) is 14.7 Å². The number of likely N-dealkylation sites (tertiary alicyclic amines) is 1. The molecule has 4 fully saturated rings. The molecule has 4 aliphatic rings. The van der Waals surface area contributed by atoms with Crippen LogP contribution >= 0.6 is 0 Å². The Morgan fingerprint density at radius 1 is 1.11 bits per heavy atom. The van der Waals surface area contributed by atoms with Crippen molar-refractivity contribution in [1.29, 1.82) is 0 Å². The van der Waals surface area contributed by atoms with Crippen molar-refractivity contribution in [2.75, 3.05) is 13.2 Å². The molecule has 1 N–H and O–H groups in total. The number of hydrogen-bond donors (Lipinski definition) is 1. The van der Waals surface area contributed by atoms with Crippen LogP contribution in [0.5, 0.6) is 5.75 Å². The van der Waals surface area contributed by atoms with Gasteiger partial charge in [-0.05, 0) is 94.1 Å². The minimum atomic E-state index is -1.16. The minimum Gasteiger partial charge on any atom is -0.493 e. The third-order valence-corrected chi connectivity index (χ3v) is 8.89. The number of amides is 1. The summed E-state index contributed by atoms with van der Waals surface area (Å²) < 4.78 is 21.8. The van der Waals surface area contributed by atoms with Crippen LogP contribution in [0.15, 0.2) is 12.1 Å². The Hall–Kier alpha value is -1.95. The first-order chi connectivity index (χ1) is 16.5. The molecule has 5 nitrogen and oxygen atoms in total. The zero-order valence-electron chi connectivity index (χ0n) is 21.6. The van der Waals surface area contributed by atoms with Crippen molar-refractivity contribution < 1.29 is 23.8 Å². The molecule has 1 aliphatic heterocycles. The summed E-state index contributed by atoms with van der Waals surface area (Å²) in [6.07, 6.45) is 8.30. The molecule has 0 spiro atoms. The highest BCUT2D eigenvalue weighted by atomic mass is 19.1. The van der Waals surface area contributed by atoms with Crippen LogP contribution in [0, 0.1) is 29.0 Å². The first-order valence-corrected chi connectivity index (χ1v) is 13.5. The summed E-state index contributed by atoms with van der Waals surface area (Å²) in [6, 6.07) is 2.32. The van der Waals surface area contributed by atoms with Gasteiger partial charge in [-0.2, -0.15) is 0 Å².